The summed E-state index contributed by atoms with van der Waals surface area (Å²) >= 11 is 0. The topological polar surface area (TPSA) is 88.2 Å². The maximum absolute atomic E-state index is 12.6. The van der Waals surface area contributed by atoms with Crippen LogP contribution < -0.4 is 20.7 Å². The zero-order valence-corrected chi connectivity index (χ0v) is 18.7. The van der Waals surface area contributed by atoms with Gasteiger partial charge in [-0.05, 0) is 62.4 Å². The van der Waals surface area contributed by atoms with Gasteiger partial charge >= 0.3 is 0 Å². The van der Waals surface area contributed by atoms with Gasteiger partial charge in [0.25, 0.3) is 5.91 Å². The molecule has 1 aromatic heterocycles. The van der Waals surface area contributed by atoms with Crippen molar-refractivity contribution in [3.8, 4) is 5.75 Å². The Morgan fingerprint density at radius 3 is 2.15 bits per heavy atom. The lowest BCUT2D eigenvalue weighted by Crippen LogP contribution is -2.13. The standard InChI is InChI=1S/C26H25N5O2/c1-17-8-10-19(11-9-17)28-24-16-18(2)27-26(31-24)30-21-14-12-20(13-15-21)29-25(32)22-6-4-5-7-23(22)33-3/h4-16H,1-3H3,(H,29,32)(H2,27,28,30,31). The highest BCUT2D eigenvalue weighted by Crippen LogP contribution is 2.22. The van der Waals surface area contributed by atoms with E-state index in [9.17, 15) is 4.79 Å². The molecule has 1 heterocycles. The first-order valence-electron chi connectivity index (χ1n) is 10.5. The number of rotatable bonds is 7. The summed E-state index contributed by atoms with van der Waals surface area (Å²) in [6.45, 7) is 3.97. The van der Waals surface area contributed by atoms with Gasteiger partial charge in [0, 0.05) is 28.8 Å². The molecule has 0 saturated heterocycles. The Morgan fingerprint density at radius 1 is 0.788 bits per heavy atom. The highest BCUT2D eigenvalue weighted by atomic mass is 16.5. The van der Waals surface area contributed by atoms with Crippen molar-refractivity contribution < 1.29 is 9.53 Å². The Balaban J connectivity index is 1.44. The number of nitrogens with one attached hydrogen (secondary N) is 3. The number of ether oxygens (including phenoxy) is 1. The van der Waals surface area contributed by atoms with Crippen LogP contribution in [0.25, 0.3) is 0 Å². The zero-order chi connectivity index (χ0) is 23.2. The van der Waals surface area contributed by atoms with Crippen molar-refractivity contribution in [1.82, 2.24) is 9.97 Å². The predicted molar refractivity (Wildman–Crippen MR) is 132 cm³/mol. The van der Waals surface area contributed by atoms with Crippen LogP contribution in [0, 0.1) is 13.8 Å². The van der Waals surface area contributed by atoms with E-state index in [2.05, 4.69) is 32.8 Å². The molecule has 0 aliphatic rings. The third kappa shape index (κ3) is 5.65. The molecular weight excluding hydrogens is 414 g/mol. The molecule has 3 N–H and O–H groups in total. The quantitative estimate of drug-likeness (QED) is 0.335. The second-order valence-corrected chi connectivity index (χ2v) is 7.57. The second kappa shape index (κ2) is 9.82. The summed E-state index contributed by atoms with van der Waals surface area (Å²) in [5.74, 6) is 1.48. The normalized spacial score (nSPS) is 10.4. The van der Waals surface area contributed by atoms with Crippen LogP contribution in [0.1, 0.15) is 21.6 Å². The highest BCUT2D eigenvalue weighted by molar-refractivity contribution is 6.06. The molecule has 0 spiro atoms. The number of amides is 1. The Hall–Kier alpha value is -4.39. The van der Waals surface area contributed by atoms with Crippen molar-refractivity contribution in [3.05, 3.63) is 95.7 Å². The molecule has 4 aromatic rings. The number of anilines is 5. The minimum Gasteiger partial charge on any atom is -0.496 e. The molecule has 7 heteroatoms. The molecule has 7 nitrogen and oxygen atoms in total. The maximum Gasteiger partial charge on any atom is 0.259 e. The van der Waals surface area contributed by atoms with Crippen LogP contribution >= 0.6 is 0 Å². The number of para-hydroxylation sites is 1. The average Bonchev–Trinajstić information content (AvgIpc) is 2.81. The number of aryl methyl sites for hydroxylation is 2. The Labute approximate surface area is 192 Å². The maximum atomic E-state index is 12.6. The Kier molecular flexibility index (Phi) is 6.50. The van der Waals surface area contributed by atoms with E-state index in [-0.39, 0.29) is 5.91 Å². The first-order chi connectivity index (χ1) is 16.0. The Morgan fingerprint density at radius 2 is 1.42 bits per heavy atom. The van der Waals surface area contributed by atoms with Gasteiger partial charge in [0.1, 0.15) is 11.6 Å². The van der Waals surface area contributed by atoms with Crippen molar-refractivity contribution in [2.75, 3.05) is 23.1 Å². The third-order valence-electron chi connectivity index (χ3n) is 4.93. The van der Waals surface area contributed by atoms with Crippen molar-refractivity contribution in [1.29, 1.82) is 0 Å². The van der Waals surface area contributed by atoms with Gasteiger partial charge in [-0.25, -0.2) is 4.98 Å². The van der Waals surface area contributed by atoms with E-state index in [1.807, 2.05) is 67.6 Å². The van der Waals surface area contributed by atoms with E-state index >= 15 is 0 Å². The molecule has 0 unspecified atom stereocenters. The van der Waals surface area contributed by atoms with Gasteiger partial charge in [-0.15, -0.1) is 0 Å². The van der Waals surface area contributed by atoms with Crippen LogP contribution in [-0.4, -0.2) is 23.0 Å². The largest absolute Gasteiger partial charge is 0.496 e. The molecule has 1 amide bonds. The first-order valence-corrected chi connectivity index (χ1v) is 10.5. The van der Waals surface area contributed by atoms with E-state index in [0.717, 1.165) is 17.1 Å². The average molecular weight is 440 g/mol. The molecule has 0 aliphatic carbocycles. The van der Waals surface area contributed by atoms with Crippen LogP contribution in [0.4, 0.5) is 28.8 Å². The zero-order valence-electron chi connectivity index (χ0n) is 18.7. The third-order valence-corrected chi connectivity index (χ3v) is 4.93. The van der Waals surface area contributed by atoms with Gasteiger partial charge in [-0.2, -0.15) is 4.98 Å². The molecule has 0 radical (unpaired) electrons. The monoisotopic (exact) mass is 439 g/mol. The minimum absolute atomic E-state index is 0.234. The number of methoxy groups -OCH3 is 1. The summed E-state index contributed by atoms with van der Waals surface area (Å²) in [6.07, 6.45) is 0. The van der Waals surface area contributed by atoms with Gasteiger partial charge in [0.05, 0.1) is 12.7 Å². The molecule has 166 valence electrons. The fourth-order valence-electron chi connectivity index (χ4n) is 3.27. The summed E-state index contributed by atoms with van der Waals surface area (Å²) in [7, 11) is 1.54. The minimum atomic E-state index is -0.234. The molecule has 33 heavy (non-hydrogen) atoms. The van der Waals surface area contributed by atoms with Crippen molar-refractivity contribution in [2.24, 2.45) is 0 Å². The van der Waals surface area contributed by atoms with Crippen LogP contribution in [0.2, 0.25) is 0 Å². The number of nitrogens with zero attached hydrogens (tertiary/aromatic N) is 2. The van der Waals surface area contributed by atoms with Crippen molar-refractivity contribution in [2.45, 2.75) is 13.8 Å². The summed E-state index contributed by atoms with van der Waals surface area (Å²) in [5.41, 5.74) is 4.94. The number of carbonyl (C=O) groups is 1. The molecule has 0 saturated carbocycles. The fourth-order valence-corrected chi connectivity index (χ4v) is 3.27. The molecule has 0 aliphatic heterocycles. The molecule has 0 atom stereocenters. The van der Waals surface area contributed by atoms with E-state index in [1.54, 1.807) is 25.3 Å². The number of benzene rings is 3. The number of aromatic nitrogens is 2. The van der Waals surface area contributed by atoms with Crippen LogP contribution in [0.15, 0.2) is 78.9 Å². The number of hydrogen-bond donors (Lipinski definition) is 3. The smallest absolute Gasteiger partial charge is 0.259 e. The molecular formula is C26H25N5O2. The lowest BCUT2D eigenvalue weighted by Gasteiger charge is -2.11. The summed E-state index contributed by atoms with van der Waals surface area (Å²) in [4.78, 5) is 21.6. The molecule has 0 fully saturated rings. The van der Waals surface area contributed by atoms with E-state index < -0.39 is 0 Å². The lowest BCUT2D eigenvalue weighted by molar-refractivity contribution is 0.102. The first kappa shape index (κ1) is 21.8. The Bertz CT molecular complexity index is 1250. The van der Waals surface area contributed by atoms with Gasteiger partial charge in [0.15, 0.2) is 0 Å². The highest BCUT2D eigenvalue weighted by Gasteiger charge is 2.11. The van der Waals surface area contributed by atoms with Crippen LogP contribution in [-0.2, 0) is 0 Å². The van der Waals surface area contributed by atoms with Gasteiger partial charge in [-0.1, -0.05) is 29.8 Å². The lowest BCUT2D eigenvalue weighted by atomic mass is 10.2. The fraction of sp³-hybridized carbons (Fsp3) is 0.115. The van der Waals surface area contributed by atoms with E-state index in [4.69, 9.17) is 4.74 Å². The predicted octanol–water partition coefficient (Wildman–Crippen LogP) is 5.84. The van der Waals surface area contributed by atoms with Gasteiger partial charge in [0.2, 0.25) is 5.95 Å². The van der Waals surface area contributed by atoms with Crippen molar-refractivity contribution in [3.63, 3.8) is 0 Å². The molecule has 3 aromatic carbocycles. The van der Waals surface area contributed by atoms with Gasteiger partial charge < -0.3 is 20.7 Å². The van der Waals surface area contributed by atoms with E-state index in [1.165, 1.54) is 5.56 Å². The van der Waals surface area contributed by atoms with Crippen LogP contribution in [0.5, 0.6) is 5.75 Å². The SMILES string of the molecule is COc1ccccc1C(=O)Nc1ccc(Nc2nc(C)cc(Nc3ccc(C)cc3)n2)cc1. The molecule has 4 rings (SSSR count). The number of carbonyl (C=O) groups excluding carboxylic acids is 1. The van der Waals surface area contributed by atoms with E-state index in [0.29, 0.717) is 28.8 Å². The summed E-state index contributed by atoms with van der Waals surface area (Å²) in [5, 5.41) is 9.41. The van der Waals surface area contributed by atoms with Crippen molar-refractivity contribution >= 4 is 34.7 Å². The second-order valence-electron chi connectivity index (χ2n) is 7.57. The van der Waals surface area contributed by atoms with Gasteiger partial charge in [-0.3, -0.25) is 4.79 Å². The molecule has 0 bridgehead atoms. The van der Waals surface area contributed by atoms with Crippen LogP contribution in [0.3, 0.4) is 0 Å². The number of hydrogen-bond acceptors (Lipinski definition) is 6. The summed E-state index contributed by atoms with van der Waals surface area (Å²) in [6, 6.07) is 24.5. The summed E-state index contributed by atoms with van der Waals surface area (Å²) < 4.78 is 5.26.